The second-order valence-electron chi connectivity index (χ2n) is 9.58. The van der Waals surface area contributed by atoms with Gasteiger partial charge in [0.1, 0.15) is 6.04 Å². The average Bonchev–Trinajstić information content (AvgIpc) is 3.71. The molecule has 3 aromatic rings. The summed E-state index contributed by atoms with van der Waals surface area (Å²) in [6, 6.07) is 9.36. The van der Waals surface area contributed by atoms with Crippen molar-refractivity contribution in [3.8, 4) is 0 Å². The third kappa shape index (κ3) is 6.90. The van der Waals surface area contributed by atoms with Crippen LogP contribution in [0.3, 0.4) is 0 Å². The Morgan fingerprint density at radius 3 is 2.60 bits per heavy atom. The van der Waals surface area contributed by atoms with E-state index in [2.05, 4.69) is 36.6 Å². The van der Waals surface area contributed by atoms with Gasteiger partial charge >= 0.3 is 10.1 Å². The number of hydrazone groups is 1. The number of halogens is 3. The van der Waals surface area contributed by atoms with Gasteiger partial charge in [-0.05, 0) is 65.0 Å². The summed E-state index contributed by atoms with van der Waals surface area (Å²) in [7, 11) is -4.74. The number of nitrogens with one attached hydrogen (secondary N) is 2. The largest absolute Gasteiger partial charge is 0.361 e. The van der Waals surface area contributed by atoms with Gasteiger partial charge in [0.15, 0.2) is 10.7 Å². The number of rotatable bonds is 9. The molecule has 1 aliphatic heterocycles. The minimum Gasteiger partial charge on any atom is -0.361 e. The van der Waals surface area contributed by atoms with Crippen LogP contribution < -0.4 is 15.6 Å². The first-order valence-electron chi connectivity index (χ1n) is 12.7. The van der Waals surface area contributed by atoms with Gasteiger partial charge < -0.3 is 14.8 Å². The number of nitrogens with zero attached hydrogens (tertiary/aromatic N) is 4. The van der Waals surface area contributed by atoms with Gasteiger partial charge in [0.25, 0.3) is 11.6 Å². The highest BCUT2D eigenvalue weighted by Gasteiger charge is 2.40. The lowest BCUT2D eigenvalue weighted by Crippen LogP contribution is -2.39. The molecule has 0 bridgehead atoms. The zero-order valence-electron chi connectivity index (χ0n) is 21.9. The summed E-state index contributed by atoms with van der Waals surface area (Å²) >= 11 is 15.9. The Hall–Kier alpha value is -3.79. The molecule has 2 aliphatic rings. The summed E-state index contributed by atoms with van der Waals surface area (Å²) in [5.41, 5.74) is -0.470. The highest BCUT2D eigenvalue weighted by Crippen LogP contribution is 2.35. The number of carbonyl (C=O) groups is 2. The standard InChI is InChI=1S/C26H21BrCl2N6O7S/c27-17-11-15(28)10-16(25(36)31-13-14-7-8-14)23(17)32-26(37)20-12-22(33-34(20)24-18(29)4-3-9-30-24)42-43(40,41)21-6-2-1-5-19(21)35(38)39/h1-6,9-11,14,20H,7-8,12-13H2,(H,31,36)(H,32,37). The smallest absolute Gasteiger partial charge is 0.347 e. The fraction of sp³-hybridized carbons (Fsp3) is 0.231. The van der Waals surface area contributed by atoms with Crippen LogP contribution in [0.5, 0.6) is 0 Å². The Balaban J connectivity index is 1.45. The second kappa shape index (κ2) is 12.4. The van der Waals surface area contributed by atoms with E-state index in [1.165, 1.54) is 36.5 Å². The van der Waals surface area contributed by atoms with Crippen molar-refractivity contribution in [3.05, 3.63) is 84.9 Å². The van der Waals surface area contributed by atoms with E-state index in [1.54, 1.807) is 6.07 Å². The van der Waals surface area contributed by atoms with Crippen LogP contribution in [0.1, 0.15) is 29.6 Å². The zero-order chi connectivity index (χ0) is 30.9. The summed E-state index contributed by atoms with van der Waals surface area (Å²) in [6.45, 7) is 0.480. The van der Waals surface area contributed by atoms with E-state index in [0.29, 0.717) is 16.9 Å². The molecule has 2 amide bonds. The minimum absolute atomic E-state index is 0.0172. The molecule has 17 heteroatoms. The van der Waals surface area contributed by atoms with E-state index in [0.717, 1.165) is 30.0 Å². The van der Waals surface area contributed by atoms with Crippen molar-refractivity contribution in [2.45, 2.75) is 30.2 Å². The van der Waals surface area contributed by atoms with Gasteiger partial charge in [-0.1, -0.05) is 35.3 Å². The summed E-state index contributed by atoms with van der Waals surface area (Å²) in [5, 5.41) is 22.6. The van der Waals surface area contributed by atoms with Gasteiger partial charge in [-0.25, -0.2) is 9.99 Å². The molecular formula is C26H21BrCl2N6O7S. The molecule has 13 nitrogen and oxygen atoms in total. The van der Waals surface area contributed by atoms with Crippen molar-refractivity contribution in [3.63, 3.8) is 0 Å². The van der Waals surface area contributed by atoms with Crippen molar-refractivity contribution < 1.29 is 27.1 Å². The van der Waals surface area contributed by atoms with Crippen molar-refractivity contribution >= 4 is 84.2 Å². The van der Waals surface area contributed by atoms with Gasteiger partial charge in [-0.15, -0.1) is 5.10 Å². The van der Waals surface area contributed by atoms with Crippen LogP contribution in [0.25, 0.3) is 0 Å². The monoisotopic (exact) mass is 710 g/mol. The van der Waals surface area contributed by atoms with Crippen LogP contribution in [0, 0.1) is 16.0 Å². The van der Waals surface area contributed by atoms with Crippen molar-refractivity contribution in [2.24, 2.45) is 11.0 Å². The molecular weight excluding hydrogens is 691 g/mol. The molecule has 0 saturated heterocycles. The number of hydrogen-bond donors (Lipinski definition) is 2. The molecule has 2 N–H and O–H groups in total. The molecule has 1 aliphatic carbocycles. The first-order valence-corrected chi connectivity index (χ1v) is 15.6. The maximum atomic E-state index is 13.7. The summed E-state index contributed by atoms with van der Waals surface area (Å²) in [4.78, 5) is 40.8. The van der Waals surface area contributed by atoms with E-state index in [9.17, 15) is 28.1 Å². The molecule has 0 spiro atoms. The summed E-state index contributed by atoms with van der Waals surface area (Å²) < 4.78 is 31.7. The first-order chi connectivity index (χ1) is 20.4. The predicted molar refractivity (Wildman–Crippen MR) is 162 cm³/mol. The van der Waals surface area contributed by atoms with Crippen LogP contribution in [0.4, 0.5) is 17.2 Å². The molecule has 1 aromatic heterocycles. The predicted octanol–water partition coefficient (Wildman–Crippen LogP) is 5.14. The molecule has 5 rings (SSSR count). The Morgan fingerprint density at radius 2 is 1.91 bits per heavy atom. The lowest BCUT2D eigenvalue weighted by molar-refractivity contribution is -0.387. The molecule has 1 unspecified atom stereocenters. The molecule has 43 heavy (non-hydrogen) atoms. The highest BCUT2D eigenvalue weighted by atomic mass is 79.9. The Bertz CT molecular complexity index is 1770. The third-order valence-electron chi connectivity index (χ3n) is 6.47. The van der Waals surface area contributed by atoms with Crippen LogP contribution in [0.15, 0.2) is 69.2 Å². The number of nitro groups is 1. The SMILES string of the molecule is O=C(NCC1CC1)c1cc(Cl)cc(Br)c1NC(=O)C1CC(OS(=O)(=O)c2ccccc2[N+](=O)[O-])=NN1c1ncccc1Cl. The maximum absolute atomic E-state index is 13.7. The first kappa shape index (κ1) is 30.7. The van der Waals surface area contributed by atoms with Gasteiger partial charge in [-0.3, -0.25) is 19.7 Å². The normalized spacial score (nSPS) is 16.4. The fourth-order valence-electron chi connectivity index (χ4n) is 4.21. The van der Waals surface area contributed by atoms with Gasteiger partial charge in [-0.2, -0.15) is 8.42 Å². The van der Waals surface area contributed by atoms with Gasteiger partial charge in [0.2, 0.25) is 11.8 Å². The summed E-state index contributed by atoms with van der Waals surface area (Å²) in [5.74, 6) is -1.19. The van der Waals surface area contributed by atoms with E-state index in [1.807, 2.05) is 0 Å². The molecule has 1 saturated carbocycles. The van der Waals surface area contributed by atoms with Crippen LogP contribution >= 0.6 is 39.1 Å². The number of para-hydroxylation sites is 1. The van der Waals surface area contributed by atoms with Crippen LogP contribution in [0.2, 0.25) is 10.0 Å². The second-order valence-corrected chi connectivity index (χ2v) is 12.8. The number of nitro benzene ring substituents is 1. The molecule has 1 fully saturated rings. The Morgan fingerprint density at radius 1 is 1.16 bits per heavy atom. The summed E-state index contributed by atoms with van der Waals surface area (Å²) in [6.07, 6.45) is 3.04. The van der Waals surface area contributed by atoms with E-state index in [4.69, 9.17) is 27.4 Å². The van der Waals surface area contributed by atoms with Gasteiger partial charge in [0, 0.05) is 28.3 Å². The molecule has 0 radical (unpaired) electrons. The average molecular weight is 712 g/mol. The Kier molecular flexibility index (Phi) is 8.87. The molecule has 2 heterocycles. The maximum Gasteiger partial charge on any atom is 0.347 e. The number of pyridine rings is 1. The third-order valence-corrected chi connectivity index (χ3v) is 8.91. The lowest BCUT2D eigenvalue weighted by atomic mass is 10.1. The minimum atomic E-state index is -4.74. The number of hydrogen-bond acceptors (Lipinski definition) is 10. The van der Waals surface area contributed by atoms with E-state index < -0.39 is 55.8 Å². The van der Waals surface area contributed by atoms with Crippen LogP contribution in [-0.4, -0.2) is 48.6 Å². The van der Waals surface area contributed by atoms with Crippen LogP contribution in [-0.2, 0) is 19.1 Å². The quantitative estimate of drug-likeness (QED) is 0.173. The highest BCUT2D eigenvalue weighted by molar-refractivity contribution is 9.10. The van der Waals surface area contributed by atoms with Crippen molar-refractivity contribution in [1.82, 2.24) is 10.3 Å². The number of carbonyl (C=O) groups excluding carboxylic acids is 2. The lowest BCUT2D eigenvalue weighted by Gasteiger charge is -2.23. The molecule has 2 aromatic carbocycles. The Labute approximate surface area is 263 Å². The molecule has 224 valence electrons. The molecule has 1 atom stereocenters. The van der Waals surface area contributed by atoms with Crippen molar-refractivity contribution in [2.75, 3.05) is 16.9 Å². The van der Waals surface area contributed by atoms with E-state index in [-0.39, 0.29) is 27.1 Å². The number of amides is 2. The number of aromatic nitrogens is 1. The van der Waals surface area contributed by atoms with E-state index >= 15 is 0 Å². The topological polar surface area (TPSA) is 173 Å². The van der Waals surface area contributed by atoms with Gasteiger partial charge in [0.05, 0.1) is 27.6 Å². The van der Waals surface area contributed by atoms with Crippen molar-refractivity contribution in [1.29, 1.82) is 0 Å². The fourth-order valence-corrected chi connectivity index (χ4v) is 6.42. The zero-order valence-corrected chi connectivity index (χ0v) is 25.8. The number of anilines is 2. The number of benzene rings is 2.